The molecule has 1 aromatic carbocycles. The minimum Gasteiger partial charge on any atom is -0.324 e. The van der Waals surface area contributed by atoms with Crippen LogP contribution in [0.2, 0.25) is 0 Å². The summed E-state index contributed by atoms with van der Waals surface area (Å²) in [6, 6.07) is 4.85. The Morgan fingerprint density at radius 3 is 2.38 bits per heavy atom. The Morgan fingerprint density at radius 1 is 1.31 bits per heavy atom. The summed E-state index contributed by atoms with van der Waals surface area (Å²) in [4.78, 5) is 0. The van der Waals surface area contributed by atoms with Crippen LogP contribution < -0.4 is 5.73 Å². The van der Waals surface area contributed by atoms with Gasteiger partial charge in [0.25, 0.3) is 0 Å². The third kappa shape index (κ3) is 2.91. The van der Waals surface area contributed by atoms with E-state index in [0.717, 1.165) is 9.13 Å². The molecule has 13 heavy (non-hydrogen) atoms. The number of benzene rings is 1. The Labute approximate surface area is 91.7 Å². The van der Waals surface area contributed by atoms with Crippen LogP contribution in [0, 0.1) is 15.3 Å². The Hall–Kier alpha value is -0.160. The first-order valence-corrected chi connectivity index (χ1v) is 5.30. The van der Waals surface area contributed by atoms with Crippen LogP contribution >= 0.6 is 22.6 Å². The summed E-state index contributed by atoms with van der Waals surface area (Å²) >= 11 is 2.09. The second-order valence-corrected chi connectivity index (χ2v) is 4.72. The lowest BCUT2D eigenvalue weighted by molar-refractivity contribution is 0.509. The van der Waals surface area contributed by atoms with Gasteiger partial charge in [-0.1, -0.05) is 13.8 Å². The van der Waals surface area contributed by atoms with E-state index in [1.54, 1.807) is 0 Å². The number of rotatable bonds is 2. The highest BCUT2D eigenvalue weighted by Gasteiger charge is 2.11. The number of halogens is 2. The van der Waals surface area contributed by atoms with Gasteiger partial charge in [0.1, 0.15) is 5.82 Å². The lowest BCUT2D eigenvalue weighted by Crippen LogP contribution is -2.16. The first-order chi connectivity index (χ1) is 6.00. The van der Waals surface area contributed by atoms with Gasteiger partial charge >= 0.3 is 0 Å². The van der Waals surface area contributed by atoms with Crippen LogP contribution in [0.25, 0.3) is 0 Å². The molecule has 72 valence electrons. The Morgan fingerprint density at radius 2 is 1.92 bits per heavy atom. The second-order valence-electron chi connectivity index (χ2n) is 3.47. The third-order valence-corrected chi connectivity index (χ3v) is 2.61. The van der Waals surface area contributed by atoms with E-state index in [9.17, 15) is 4.39 Å². The monoisotopic (exact) mass is 293 g/mol. The summed E-state index contributed by atoms with van der Waals surface area (Å²) in [5, 5.41) is 0. The minimum atomic E-state index is -0.210. The number of nitrogens with two attached hydrogens (primary N) is 1. The molecule has 0 bridgehead atoms. The molecule has 1 rings (SSSR count). The van der Waals surface area contributed by atoms with Crippen molar-refractivity contribution in [2.45, 2.75) is 19.9 Å². The molecular weight excluding hydrogens is 280 g/mol. The predicted octanol–water partition coefficient (Wildman–Crippen LogP) is 3.09. The highest BCUT2D eigenvalue weighted by atomic mass is 127. The first kappa shape index (κ1) is 10.9. The summed E-state index contributed by atoms with van der Waals surface area (Å²) in [5.41, 5.74) is 6.78. The summed E-state index contributed by atoms with van der Waals surface area (Å²) in [5.74, 6) is 0.121. The van der Waals surface area contributed by atoms with E-state index in [-0.39, 0.29) is 11.9 Å². The van der Waals surface area contributed by atoms with Crippen molar-refractivity contribution in [3.05, 3.63) is 33.1 Å². The molecule has 0 radical (unpaired) electrons. The lowest BCUT2D eigenvalue weighted by atomic mass is 9.97. The van der Waals surface area contributed by atoms with E-state index >= 15 is 0 Å². The maximum atomic E-state index is 13.0. The Balaban J connectivity index is 3.01. The third-order valence-electron chi connectivity index (χ3n) is 1.99. The van der Waals surface area contributed by atoms with Crippen LogP contribution in [-0.4, -0.2) is 0 Å². The fraction of sp³-hybridized carbons (Fsp3) is 0.400. The van der Waals surface area contributed by atoms with E-state index in [4.69, 9.17) is 5.73 Å². The van der Waals surface area contributed by atoms with E-state index in [0.29, 0.717) is 5.92 Å². The molecule has 0 aliphatic rings. The van der Waals surface area contributed by atoms with Gasteiger partial charge in [0.05, 0.1) is 0 Å². The first-order valence-electron chi connectivity index (χ1n) is 4.22. The zero-order valence-corrected chi connectivity index (χ0v) is 9.88. The van der Waals surface area contributed by atoms with Crippen LogP contribution in [0.1, 0.15) is 25.5 Å². The van der Waals surface area contributed by atoms with Crippen molar-refractivity contribution in [2.75, 3.05) is 0 Å². The second kappa shape index (κ2) is 4.37. The molecule has 1 nitrogen and oxygen atoms in total. The fourth-order valence-corrected chi connectivity index (χ4v) is 1.81. The molecule has 0 heterocycles. The van der Waals surface area contributed by atoms with Crippen molar-refractivity contribution in [3.8, 4) is 0 Å². The van der Waals surface area contributed by atoms with E-state index in [1.165, 1.54) is 12.1 Å². The van der Waals surface area contributed by atoms with Crippen molar-refractivity contribution in [2.24, 2.45) is 11.7 Å². The molecular formula is C10H13FIN. The van der Waals surface area contributed by atoms with Gasteiger partial charge in [-0.2, -0.15) is 0 Å². The van der Waals surface area contributed by atoms with Gasteiger partial charge in [-0.3, -0.25) is 0 Å². The number of hydrogen-bond acceptors (Lipinski definition) is 1. The average Bonchev–Trinajstić information content (AvgIpc) is 2.01. The Bertz CT molecular complexity index is 279. The molecule has 2 N–H and O–H groups in total. The summed E-state index contributed by atoms with van der Waals surface area (Å²) in [6.45, 7) is 4.06. The molecule has 0 saturated heterocycles. The quantitative estimate of drug-likeness (QED) is 0.833. The molecule has 1 atom stereocenters. The average molecular weight is 293 g/mol. The van der Waals surface area contributed by atoms with Crippen molar-refractivity contribution in [1.29, 1.82) is 0 Å². The SMILES string of the molecule is CC(C)[C@H](N)c1cc(F)cc(I)c1. The van der Waals surface area contributed by atoms with Gasteiger partial charge in [0.2, 0.25) is 0 Å². The molecule has 0 aliphatic carbocycles. The van der Waals surface area contributed by atoms with Crippen LogP contribution in [-0.2, 0) is 0 Å². The largest absolute Gasteiger partial charge is 0.324 e. The molecule has 0 fully saturated rings. The zero-order valence-electron chi connectivity index (χ0n) is 7.72. The maximum Gasteiger partial charge on any atom is 0.124 e. The van der Waals surface area contributed by atoms with Gasteiger partial charge in [-0.05, 0) is 52.3 Å². The van der Waals surface area contributed by atoms with E-state index in [1.807, 2.05) is 19.9 Å². The summed E-state index contributed by atoms with van der Waals surface area (Å²) < 4.78 is 13.9. The topological polar surface area (TPSA) is 26.0 Å². The maximum absolute atomic E-state index is 13.0. The van der Waals surface area contributed by atoms with Crippen molar-refractivity contribution < 1.29 is 4.39 Å². The Kier molecular flexibility index (Phi) is 3.67. The molecule has 0 amide bonds. The fourth-order valence-electron chi connectivity index (χ4n) is 1.15. The lowest BCUT2D eigenvalue weighted by Gasteiger charge is -2.16. The van der Waals surface area contributed by atoms with Crippen LogP contribution in [0.3, 0.4) is 0 Å². The summed E-state index contributed by atoms with van der Waals surface area (Å²) in [6.07, 6.45) is 0. The van der Waals surface area contributed by atoms with Gasteiger partial charge in [0.15, 0.2) is 0 Å². The van der Waals surface area contributed by atoms with Gasteiger partial charge in [0, 0.05) is 9.61 Å². The normalized spacial score (nSPS) is 13.4. The van der Waals surface area contributed by atoms with Crippen molar-refractivity contribution in [1.82, 2.24) is 0 Å². The van der Waals surface area contributed by atoms with Gasteiger partial charge in [-0.15, -0.1) is 0 Å². The molecule has 1 aromatic rings. The van der Waals surface area contributed by atoms with Crippen LogP contribution in [0.5, 0.6) is 0 Å². The van der Waals surface area contributed by atoms with Crippen LogP contribution in [0.15, 0.2) is 18.2 Å². The predicted molar refractivity (Wildman–Crippen MR) is 60.9 cm³/mol. The van der Waals surface area contributed by atoms with Crippen molar-refractivity contribution in [3.63, 3.8) is 0 Å². The molecule has 0 spiro atoms. The smallest absolute Gasteiger partial charge is 0.124 e. The van der Waals surface area contributed by atoms with E-state index in [2.05, 4.69) is 22.6 Å². The molecule has 0 aliphatic heterocycles. The highest BCUT2D eigenvalue weighted by molar-refractivity contribution is 14.1. The van der Waals surface area contributed by atoms with E-state index < -0.39 is 0 Å². The molecule has 0 unspecified atom stereocenters. The summed E-state index contributed by atoms with van der Waals surface area (Å²) in [7, 11) is 0. The molecule has 3 heteroatoms. The van der Waals surface area contributed by atoms with Crippen LogP contribution in [0.4, 0.5) is 4.39 Å². The molecule has 0 saturated carbocycles. The highest BCUT2D eigenvalue weighted by Crippen LogP contribution is 2.21. The standard InChI is InChI=1S/C10H13FIN/c1-6(2)10(13)7-3-8(11)5-9(12)4-7/h3-6,10H,13H2,1-2H3/t10-/m0/s1. The minimum absolute atomic E-state index is 0.0794. The number of hydrogen-bond donors (Lipinski definition) is 1. The van der Waals surface area contributed by atoms with Crippen molar-refractivity contribution >= 4 is 22.6 Å². The van der Waals surface area contributed by atoms with Gasteiger partial charge < -0.3 is 5.73 Å². The zero-order chi connectivity index (χ0) is 10.0. The molecule has 0 aromatic heterocycles. The van der Waals surface area contributed by atoms with Gasteiger partial charge in [-0.25, -0.2) is 4.39 Å².